The maximum absolute atomic E-state index is 4.98. The molecule has 0 radical (unpaired) electrons. The molecule has 0 amide bonds. The summed E-state index contributed by atoms with van der Waals surface area (Å²) < 4.78 is 0. The molecule has 3 aromatic carbocycles. The van der Waals surface area contributed by atoms with Crippen molar-refractivity contribution in [1.29, 1.82) is 0 Å². The van der Waals surface area contributed by atoms with Gasteiger partial charge in [-0.15, -0.1) is 0 Å². The molecule has 0 aliphatic carbocycles. The van der Waals surface area contributed by atoms with Crippen LogP contribution >= 0.6 is 0 Å². The van der Waals surface area contributed by atoms with Crippen LogP contribution in [0.25, 0.3) is 44.7 Å². The van der Waals surface area contributed by atoms with Crippen LogP contribution in [-0.4, -0.2) is 15.0 Å². The van der Waals surface area contributed by atoms with Gasteiger partial charge in [-0.05, 0) is 41.5 Å². The van der Waals surface area contributed by atoms with Gasteiger partial charge in [-0.2, -0.15) is 0 Å². The Balaban J connectivity index is 1.74. The fraction of sp³-hybridized carbons (Fsp3) is 0. The minimum atomic E-state index is 0.890. The Labute approximate surface area is 163 Å². The Morgan fingerprint density at radius 1 is 0.429 bits per heavy atom. The first kappa shape index (κ1) is 16.3. The second-order valence-electron chi connectivity index (χ2n) is 6.59. The van der Waals surface area contributed by atoms with Crippen LogP contribution in [0.2, 0.25) is 0 Å². The number of aromatic nitrogens is 3. The van der Waals surface area contributed by atoms with Crippen LogP contribution in [0.4, 0.5) is 0 Å². The minimum absolute atomic E-state index is 0.890. The molecule has 0 saturated heterocycles. The lowest BCUT2D eigenvalue weighted by molar-refractivity contribution is 1.29. The largest absolute Gasteiger partial charge is 0.265 e. The molecule has 0 bridgehead atoms. The van der Waals surface area contributed by atoms with Gasteiger partial charge in [0.1, 0.15) is 0 Å². The second kappa shape index (κ2) is 7.05. The molecule has 0 aliphatic rings. The molecule has 2 heterocycles. The molecular weight excluding hydrogens is 342 g/mol. The molecule has 5 rings (SSSR count). The summed E-state index contributed by atoms with van der Waals surface area (Å²) in [6, 6.07) is 30.7. The minimum Gasteiger partial charge on any atom is -0.265 e. The number of para-hydroxylation sites is 2. The lowest BCUT2D eigenvalue weighted by Gasteiger charge is -2.12. The normalized spacial score (nSPS) is 10.9. The third kappa shape index (κ3) is 3.03. The van der Waals surface area contributed by atoms with E-state index in [1.54, 1.807) is 0 Å². The summed E-state index contributed by atoms with van der Waals surface area (Å²) >= 11 is 0. The zero-order chi connectivity index (χ0) is 18.8. The topological polar surface area (TPSA) is 38.7 Å². The summed E-state index contributed by atoms with van der Waals surface area (Å²) in [6.45, 7) is 0. The monoisotopic (exact) mass is 359 g/mol. The molecule has 0 fully saturated rings. The average molecular weight is 359 g/mol. The molecule has 0 atom stereocenters. The summed E-state index contributed by atoms with van der Waals surface area (Å²) in [7, 11) is 0. The highest BCUT2D eigenvalue weighted by atomic mass is 14.8. The number of pyridine rings is 1. The van der Waals surface area contributed by atoms with Crippen molar-refractivity contribution in [2.24, 2.45) is 0 Å². The lowest BCUT2D eigenvalue weighted by atomic mass is 9.99. The van der Waals surface area contributed by atoms with Gasteiger partial charge in [0.05, 0.1) is 22.4 Å². The van der Waals surface area contributed by atoms with E-state index in [0.29, 0.717) is 0 Å². The predicted octanol–water partition coefficient (Wildman–Crippen LogP) is 6.03. The molecule has 0 saturated carbocycles. The number of hydrogen-bond donors (Lipinski definition) is 0. The SMILES string of the molecule is c1ccc(-c2nc3ccccc3nc2-c2cccc(-c3ccncc3)c2)cc1. The van der Waals surface area contributed by atoms with Crippen LogP contribution in [0.1, 0.15) is 0 Å². The van der Waals surface area contributed by atoms with Gasteiger partial charge in [0.25, 0.3) is 0 Å². The van der Waals surface area contributed by atoms with E-state index in [0.717, 1.165) is 44.7 Å². The van der Waals surface area contributed by atoms with E-state index < -0.39 is 0 Å². The highest BCUT2D eigenvalue weighted by Gasteiger charge is 2.13. The van der Waals surface area contributed by atoms with Crippen molar-refractivity contribution in [3.8, 4) is 33.6 Å². The first-order chi connectivity index (χ1) is 13.9. The van der Waals surface area contributed by atoms with Crippen molar-refractivity contribution in [1.82, 2.24) is 15.0 Å². The smallest absolute Gasteiger partial charge is 0.0973 e. The van der Waals surface area contributed by atoms with Crippen molar-refractivity contribution >= 4 is 11.0 Å². The van der Waals surface area contributed by atoms with Gasteiger partial charge in [-0.25, -0.2) is 9.97 Å². The number of hydrogen-bond acceptors (Lipinski definition) is 3. The van der Waals surface area contributed by atoms with Crippen molar-refractivity contribution < 1.29 is 0 Å². The van der Waals surface area contributed by atoms with Crippen molar-refractivity contribution in [3.05, 3.63) is 103 Å². The molecule has 3 heteroatoms. The van der Waals surface area contributed by atoms with Crippen molar-refractivity contribution in [2.75, 3.05) is 0 Å². The first-order valence-electron chi connectivity index (χ1n) is 9.21. The quantitative estimate of drug-likeness (QED) is 0.395. The van der Waals surface area contributed by atoms with E-state index in [1.807, 2.05) is 67.0 Å². The lowest BCUT2D eigenvalue weighted by Crippen LogP contribution is -1.95. The molecule has 5 aromatic rings. The highest BCUT2D eigenvalue weighted by Crippen LogP contribution is 2.32. The summed E-state index contributed by atoms with van der Waals surface area (Å²) in [5.41, 5.74) is 7.95. The molecule has 0 spiro atoms. The molecule has 132 valence electrons. The molecule has 0 unspecified atom stereocenters. The van der Waals surface area contributed by atoms with Gasteiger partial charge in [0.2, 0.25) is 0 Å². The van der Waals surface area contributed by atoms with E-state index in [9.17, 15) is 0 Å². The van der Waals surface area contributed by atoms with Crippen LogP contribution in [0.3, 0.4) is 0 Å². The zero-order valence-corrected chi connectivity index (χ0v) is 15.2. The third-order valence-corrected chi connectivity index (χ3v) is 4.77. The standard InChI is InChI=1S/C25H17N3/c1-2-7-19(8-3-1)24-25(28-23-12-5-4-11-22(23)27-24)21-10-6-9-20(17-21)18-13-15-26-16-14-18/h1-17H. The number of benzene rings is 3. The third-order valence-electron chi connectivity index (χ3n) is 4.77. The Hall–Kier alpha value is -3.85. The second-order valence-corrected chi connectivity index (χ2v) is 6.59. The van der Waals surface area contributed by atoms with Crippen LogP contribution in [-0.2, 0) is 0 Å². The van der Waals surface area contributed by atoms with Gasteiger partial charge in [-0.1, -0.05) is 60.7 Å². The zero-order valence-electron chi connectivity index (χ0n) is 15.2. The van der Waals surface area contributed by atoms with Gasteiger partial charge >= 0.3 is 0 Å². The predicted molar refractivity (Wildman–Crippen MR) is 114 cm³/mol. The van der Waals surface area contributed by atoms with Gasteiger partial charge in [0, 0.05) is 23.5 Å². The number of fused-ring (bicyclic) bond motifs is 1. The fourth-order valence-corrected chi connectivity index (χ4v) is 3.39. The molecule has 0 aliphatic heterocycles. The maximum atomic E-state index is 4.98. The molecule has 28 heavy (non-hydrogen) atoms. The van der Waals surface area contributed by atoms with Crippen molar-refractivity contribution in [3.63, 3.8) is 0 Å². The summed E-state index contributed by atoms with van der Waals surface area (Å²) in [4.78, 5) is 14.1. The van der Waals surface area contributed by atoms with Crippen LogP contribution in [0.15, 0.2) is 103 Å². The number of rotatable bonds is 3. The van der Waals surface area contributed by atoms with E-state index in [2.05, 4.69) is 41.4 Å². The molecule has 3 nitrogen and oxygen atoms in total. The van der Waals surface area contributed by atoms with Gasteiger partial charge in [0.15, 0.2) is 0 Å². The average Bonchev–Trinajstić information content (AvgIpc) is 2.79. The van der Waals surface area contributed by atoms with Crippen LogP contribution < -0.4 is 0 Å². The first-order valence-corrected chi connectivity index (χ1v) is 9.21. The van der Waals surface area contributed by atoms with E-state index >= 15 is 0 Å². The maximum Gasteiger partial charge on any atom is 0.0973 e. The highest BCUT2D eigenvalue weighted by molar-refractivity contribution is 5.87. The van der Waals surface area contributed by atoms with Crippen molar-refractivity contribution in [2.45, 2.75) is 0 Å². The summed E-state index contributed by atoms with van der Waals surface area (Å²) in [6.07, 6.45) is 3.63. The fourth-order valence-electron chi connectivity index (χ4n) is 3.39. The van der Waals surface area contributed by atoms with Crippen LogP contribution in [0.5, 0.6) is 0 Å². The number of nitrogens with zero attached hydrogens (tertiary/aromatic N) is 3. The summed E-state index contributed by atoms with van der Waals surface area (Å²) in [5.74, 6) is 0. The van der Waals surface area contributed by atoms with Crippen LogP contribution in [0, 0.1) is 0 Å². The Morgan fingerprint density at radius 3 is 1.71 bits per heavy atom. The molecular formula is C25H17N3. The summed E-state index contributed by atoms with van der Waals surface area (Å²) in [5, 5.41) is 0. The van der Waals surface area contributed by atoms with Gasteiger partial charge < -0.3 is 0 Å². The Morgan fingerprint density at radius 2 is 1.00 bits per heavy atom. The Kier molecular flexibility index (Phi) is 4.11. The van der Waals surface area contributed by atoms with E-state index in [4.69, 9.17) is 9.97 Å². The Bertz CT molecular complexity index is 1250. The van der Waals surface area contributed by atoms with E-state index in [1.165, 1.54) is 0 Å². The molecule has 0 N–H and O–H groups in total. The van der Waals surface area contributed by atoms with Gasteiger partial charge in [-0.3, -0.25) is 4.98 Å². The molecule has 2 aromatic heterocycles. The van der Waals surface area contributed by atoms with E-state index in [-0.39, 0.29) is 0 Å².